The molecule has 1 unspecified atom stereocenters. The lowest BCUT2D eigenvalue weighted by Crippen LogP contribution is -2.15. The number of carbonyl (C=O) groups excluding carboxylic acids is 1. The Hall–Kier alpha value is -3.60. The molecular weight excluding hydrogens is 434 g/mol. The number of nitrogens with zero attached hydrogens (tertiary/aromatic N) is 4. The molecule has 0 aliphatic rings. The molecule has 168 valence electrons. The van der Waals surface area contributed by atoms with Crippen LogP contribution in [0.4, 0.5) is 11.4 Å². The quantitative estimate of drug-likeness (QED) is 0.274. The fourth-order valence-corrected chi connectivity index (χ4v) is 3.75. The van der Waals surface area contributed by atoms with Gasteiger partial charge >= 0.3 is 0 Å². The van der Waals surface area contributed by atoms with E-state index in [9.17, 15) is 14.9 Å². The largest absolute Gasteiger partial charge is 0.497 e. The van der Waals surface area contributed by atoms with E-state index < -0.39 is 4.92 Å². The Morgan fingerprint density at radius 1 is 1.22 bits per heavy atom. The van der Waals surface area contributed by atoms with E-state index in [0.717, 1.165) is 5.75 Å². The number of rotatable bonds is 10. The first kappa shape index (κ1) is 23.1. The number of anilines is 1. The number of carbonyl (C=O) groups is 1. The Labute approximate surface area is 189 Å². The van der Waals surface area contributed by atoms with Crippen molar-refractivity contribution >= 4 is 29.0 Å². The molecule has 1 heterocycles. The van der Waals surface area contributed by atoms with Gasteiger partial charge < -0.3 is 19.4 Å². The predicted octanol–water partition coefficient (Wildman–Crippen LogP) is 4.09. The molecule has 1 amide bonds. The number of hydrogen-bond donors (Lipinski definition) is 1. The number of benzene rings is 2. The maximum atomic E-state index is 12.3. The minimum atomic E-state index is -0.509. The minimum Gasteiger partial charge on any atom is -0.497 e. The zero-order valence-electron chi connectivity index (χ0n) is 17.8. The van der Waals surface area contributed by atoms with Crippen LogP contribution in [0.1, 0.15) is 25.8 Å². The summed E-state index contributed by atoms with van der Waals surface area (Å²) in [6.45, 7) is 4.44. The third-order valence-corrected chi connectivity index (χ3v) is 5.44. The van der Waals surface area contributed by atoms with Crippen molar-refractivity contribution in [2.45, 2.75) is 31.7 Å². The van der Waals surface area contributed by atoms with Gasteiger partial charge in [-0.3, -0.25) is 14.9 Å². The fourth-order valence-electron chi connectivity index (χ4n) is 2.94. The molecule has 10 nitrogen and oxygen atoms in total. The van der Waals surface area contributed by atoms with Crippen LogP contribution in [0.15, 0.2) is 53.7 Å². The summed E-state index contributed by atoms with van der Waals surface area (Å²) in [6, 6.07) is 13.1. The molecule has 3 aromatic rings. The Kier molecular flexibility index (Phi) is 7.66. The summed E-state index contributed by atoms with van der Waals surface area (Å²) in [7, 11) is 1.60. The van der Waals surface area contributed by atoms with E-state index >= 15 is 0 Å². The second-order valence-electron chi connectivity index (χ2n) is 6.66. The summed E-state index contributed by atoms with van der Waals surface area (Å²) >= 11 is 1.23. The number of hydrogen-bond acceptors (Lipinski definition) is 8. The highest BCUT2D eigenvalue weighted by atomic mass is 32.2. The Morgan fingerprint density at radius 3 is 2.59 bits per heavy atom. The SMILES string of the molecule is CCn1c(SCC(=O)Nc2cccc([N+](=O)[O-])c2)nnc1C(C)Oc1ccc(OC)cc1. The van der Waals surface area contributed by atoms with Gasteiger partial charge in [0.1, 0.15) is 11.5 Å². The number of nitro benzene ring substituents is 1. The normalized spacial score (nSPS) is 11.6. The monoisotopic (exact) mass is 457 g/mol. The lowest BCUT2D eigenvalue weighted by Gasteiger charge is -2.15. The van der Waals surface area contributed by atoms with Gasteiger partial charge in [0.25, 0.3) is 5.69 Å². The Balaban J connectivity index is 1.62. The molecule has 0 aliphatic heterocycles. The summed E-state index contributed by atoms with van der Waals surface area (Å²) < 4.78 is 13.0. The van der Waals surface area contributed by atoms with Crippen molar-refractivity contribution in [2.75, 3.05) is 18.2 Å². The number of aromatic nitrogens is 3. The molecule has 0 radical (unpaired) electrons. The Morgan fingerprint density at radius 2 is 1.94 bits per heavy atom. The molecule has 0 fully saturated rings. The van der Waals surface area contributed by atoms with Crippen molar-refractivity contribution < 1.29 is 19.2 Å². The van der Waals surface area contributed by atoms with Crippen LogP contribution >= 0.6 is 11.8 Å². The van der Waals surface area contributed by atoms with Crippen LogP contribution in [-0.2, 0) is 11.3 Å². The van der Waals surface area contributed by atoms with Crippen molar-refractivity contribution in [3.8, 4) is 11.5 Å². The van der Waals surface area contributed by atoms with Gasteiger partial charge in [0.15, 0.2) is 17.1 Å². The van der Waals surface area contributed by atoms with Crippen LogP contribution in [0.2, 0.25) is 0 Å². The predicted molar refractivity (Wildman–Crippen MR) is 120 cm³/mol. The number of amides is 1. The summed E-state index contributed by atoms with van der Waals surface area (Å²) in [5.41, 5.74) is 0.278. The van der Waals surface area contributed by atoms with Crippen LogP contribution in [0, 0.1) is 10.1 Å². The fraction of sp³-hybridized carbons (Fsp3) is 0.286. The second kappa shape index (κ2) is 10.6. The molecule has 32 heavy (non-hydrogen) atoms. The average molecular weight is 458 g/mol. The lowest BCUT2D eigenvalue weighted by atomic mass is 10.3. The van der Waals surface area contributed by atoms with E-state index in [1.165, 1.54) is 30.0 Å². The highest BCUT2D eigenvalue weighted by Crippen LogP contribution is 2.26. The number of non-ortho nitro benzene ring substituents is 1. The summed E-state index contributed by atoms with van der Waals surface area (Å²) in [5.74, 6) is 1.84. The van der Waals surface area contributed by atoms with Gasteiger partial charge in [0.2, 0.25) is 5.91 Å². The third-order valence-electron chi connectivity index (χ3n) is 4.47. The number of ether oxygens (including phenoxy) is 2. The van der Waals surface area contributed by atoms with E-state index in [1.54, 1.807) is 13.2 Å². The summed E-state index contributed by atoms with van der Waals surface area (Å²) in [4.78, 5) is 22.7. The minimum absolute atomic E-state index is 0.0779. The van der Waals surface area contributed by atoms with E-state index in [4.69, 9.17) is 9.47 Å². The maximum absolute atomic E-state index is 12.3. The first-order valence-electron chi connectivity index (χ1n) is 9.82. The smallest absolute Gasteiger partial charge is 0.271 e. The average Bonchev–Trinajstić information content (AvgIpc) is 3.21. The number of thioether (sulfide) groups is 1. The van der Waals surface area contributed by atoms with Crippen molar-refractivity contribution in [3.63, 3.8) is 0 Å². The van der Waals surface area contributed by atoms with Gasteiger partial charge in [-0.25, -0.2) is 0 Å². The van der Waals surface area contributed by atoms with Crippen LogP contribution in [-0.4, -0.2) is 38.5 Å². The molecule has 1 atom stereocenters. The topological polar surface area (TPSA) is 121 Å². The molecule has 11 heteroatoms. The van der Waals surface area contributed by atoms with Crippen LogP contribution < -0.4 is 14.8 Å². The van der Waals surface area contributed by atoms with E-state index in [0.29, 0.717) is 29.0 Å². The highest BCUT2D eigenvalue weighted by molar-refractivity contribution is 7.99. The van der Waals surface area contributed by atoms with Crippen molar-refractivity contribution in [3.05, 3.63) is 64.5 Å². The first-order chi connectivity index (χ1) is 15.4. The van der Waals surface area contributed by atoms with Gasteiger partial charge in [-0.1, -0.05) is 17.8 Å². The lowest BCUT2D eigenvalue weighted by molar-refractivity contribution is -0.384. The van der Waals surface area contributed by atoms with E-state index in [1.807, 2.05) is 42.7 Å². The molecule has 0 saturated heterocycles. The summed E-state index contributed by atoms with van der Waals surface area (Å²) in [6.07, 6.45) is -0.358. The molecule has 1 N–H and O–H groups in total. The standard InChI is InChI=1S/C21H23N5O5S/c1-4-25-20(14(2)31-18-10-8-17(30-3)9-11-18)23-24-21(25)32-13-19(27)22-15-6-5-7-16(12-15)26(28)29/h5-12,14H,4,13H2,1-3H3,(H,22,27). The first-order valence-corrected chi connectivity index (χ1v) is 10.8. The molecule has 2 aromatic carbocycles. The molecular formula is C21H23N5O5S. The van der Waals surface area contributed by atoms with E-state index in [-0.39, 0.29) is 23.5 Å². The van der Waals surface area contributed by atoms with Crippen molar-refractivity contribution in [1.29, 1.82) is 0 Å². The van der Waals surface area contributed by atoms with E-state index in [2.05, 4.69) is 15.5 Å². The molecule has 0 spiro atoms. The molecule has 0 saturated carbocycles. The molecule has 0 bridgehead atoms. The van der Waals surface area contributed by atoms with Gasteiger partial charge in [0, 0.05) is 24.4 Å². The third kappa shape index (κ3) is 5.76. The van der Waals surface area contributed by atoms with Gasteiger partial charge in [-0.2, -0.15) is 0 Å². The van der Waals surface area contributed by atoms with Gasteiger partial charge in [-0.05, 0) is 44.2 Å². The Bertz CT molecular complexity index is 1090. The van der Waals surface area contributed by atoms with Crippen LogP contribution in [0.25, 0.3) is 0 Å². The second-order valence-corrected chi connectivity index (χ2v) is 7.61. The maximum Gasteiger partial charge on any atom is 0.271 e. The van der Waals surface area contributed by atoms with Crippen LogP contribution in [0.3, 0.4) is 0 Å². The zero-order chi connectivity index (χ0) is 23.1. The molecule has 0 aliphatic carbocycles. The number of methoxy groups -OCH3 is 1. The number of nitro groups is 1. The molecule has 3 rings (SSSR count). The van der Waals surface area contributed by atoms with Gasteiger partial charge in [-0.15, -0.1) is 10.2 Å². The van der Waals surface area contributed by atoms with Gasteiger partial charge in [0.05, 0.1) is 17.8 Å². The highest BCUT2D eigenvalue weighted by Gasteiger charge is 2.19. The van der Waals surface area contributed by atoms with Crippen molar-refractivity contribution in [2.24, 2.45) is 0 Å². The summed E-state index contributed by atoms with van der Waals surface area (Å²) in [5, 5.41) is 22.6. The van der Waals surface area contributed by atoms with Crippen molar-refractivity contribution in [1.82, 2.24) is 14.8 Å². The number of nitrogens with one attached hydrogen (secondary N) is 1. The van der Waals surface area contributed by atoms with Crippen LogP contribution in [0.5, 0.6) is 11.5 Å². The zero-order valence-corrected chi connectivity index (χ0v) is 18.7. The molecule has 1 aromatic heterocycles.